The van der Waals surface area contributed by atoms with Crippen LogP contribution in [0.4, 0.5) is 16.4 Å². The number of fused-ring (bicyclic) bond motifs is 1. The average molecular weight is 444 g/mol. The number of hydrogen-bond donors (Lipinski definition) is 2. The minimum Gasteiger partial charge on any atom is -0.365 e. The number of thiophene rings is 1. The number of benzene rings is 1. The van der Waals surface area contributed by atoms with E-state index in [1.807, 2.05) is 16.7 Å². The van der Waals surface area contributed by atoms with Gasteiger partial charge < -0.3 is 16.0 Å². The van der Waals surface area contributed by atoms with Crippen molar-refractivity contribution in [2.45, 2.75) is 32.2 Å². The summed E-state index contributed by atoms with van der Waals surface area (Å²) < 4.78 is 0. The number of nitrogens with one attached hydrogen (secondary N) is 1. The van der Waals surface area contributed by atoms with E-state index < -0.39 is 11.9 Å². The van der Waals surface area contributed by atoms with E-state index in [4.69, 9.17) is 5.73 Å². The van der Waals surface area contributed by atoms with Gasteiger partial charge >= 0.3 is 0 Å². The maximum atomic E-state index is 12.9. The average Bonchev–Trinajstić information content (AvgIpc) is 3.33. The van der Waals surface area contributed by atoms with Gasteiger partial charge in [-0.25, -0.2) is 0 Å². The number of nitrogens with two attached hydrogens (primary N) is 1. The fraction of sp³-hybridized carbons (Fsp3) is 0.429. The second-order valence-corrected chi connectivity index (χ2v) is 8.96. The van der Waals surface area contributed by atoms with Crippen molar-refractivity contribution in [1.29, 1.82) is 0 Å². The molecule has 0 spiro atoms. The first-order valence-electron chi connectivity index (χ1n) is 10.3. The van der Waals surface area contributed by atoms with Gasteiger partial charge in [0.25, 0.3) is 11.6 Å². The number of amides is 2. The molecule has 1 saturated heterocycles. The van der Waals surface area contributed by atoms with E-state index in [9.17, 15) is 19.7 Å². The maximum absolute atomic E-state index is 12.9. The molecule has 1 aromatic heterocycles. The van der Waals surface area contributed by atoms with E-state index in [-0.39, 0.29) is 16.5 Å². The summed E-state index contributed by atoms with van der Waals surface area (Å²) in [5.41, 5.74) is 7.72. The Balaban J connectivity index is 1.41. The van der Waals surface area contributed by atoms with Crippen molar-refractivity contribution in [1.82, 2.24) is 4.90 Å². The lowest BCUT2D eigenvalue weighted by molar-refractivity contribution is -0.384. The van der Waals surface area contributed by atoms with Crippen LogP contribution in [0.15, 0.2) is 24.3 Å². The first-order valence-corrected chi connectivity index (χ1v) is 11.2. The molecule has 2 aliphatic rings. The third kappa shape index (κ3) is 4.13. The predicted molar refractivity (Wildman–Crippen MR) is 120 cm³/mol. The van der Waals surface area contributed by atoms with Gasteiger partial charge in [-0.3, -0.25) is 24.6 Å². The molecule has 9 nitrogen and oxygen atoms in total. The maximum Gasteiger partial charge on any atom is 0.292 e. The number of piperazine rings is 1. The Morgan fingerprint density at radius 1 is 1.19 bits per heavy atom. The van der Waals surface area contributed by atoms with Crippen LogP contribution in [-0.2, 0) is 17.6 Å². The van der Waals surface area contributed by atoms with Gasteiger partial charge in [-0.2, -0.15) is 0 Å². The van der Waals surface area contributed by atoms with E-state index in [1.165, 1.54) is 17.4 Å². The van der Waals surface area contributed by atoms with Crippen LogP contribution in [0.25, 0.3) is 0 Å². The third-order valence-corrected chi connectivity index (χ3v) is 7.27. The lowest BCUT2D eigenvalue weighted by Gasteiger charge is -2.38. The number of carbonyl (C=O) groups is 2. The number of aryl methyl sites for hydroxylation is 1. The van der Waals surface area contributed by atoms with E-state index in [0.717, 1.165) is 29.7 Å². The molecule has 1 fully saturated rings. The molecule has 1 unspecified atom stereocenters. The minimum absolute atomic E-state index is 0.0893. The SMILES string of the molecule is CC(C(=O)Nc1sc2c(c1C(N)=O)CCC2)N1CCN(c2ccccc2[N+](=O)[O-])CC1. The highest BCUT2D eigenvalue weighted by Gasteiger charge is 2.31. The van der Waals surface area contributed by atoms with Crippen LogP contribution in [0.1, 0.15) is 34.1 Å². The standard InChI is InChI=1S/C21H25N5O4S/c1-13(20(28)23-21-18(19(22)27)14-5-4-8-17(14)31-21)24-9-11-25(12-10-24)15-6-2-3-7-16(15)26(29)30/h2-3,6-7,13H,4-5,8-12H2,1H3,(H2,22,27)(H,23,28). The molecule has 2 heterocycles. The molecule has 1 atom stereocenters. The van der Waals surface area contributed by atoms with Gasteiger partial charge in [0.1, 0.15) is 10.7 Å². The van der Waals surface area contributed by atoms with E-state index in [0.29, 0.717) is 42.4 Å². The topological polar surface area (TPSA) is 122 Å². The van der Waals surface area contributed by atoms with Crippen LogP contribution < -0.4 is 16.0 Å². The number of para-hydroxylation sites is 2. The number of carbonyl (C=O) groups excluding carboxylic acids is 2. The van der Waals surface area contributed by atoms with Gasteiger partial charge in [-0.1, -0.05) is 12.1 Å². The highest BCUT2D eigenvalue weighted by molar-refractivity contribution is 7.17. The van der Waals surface area contributed by atoms with Crippen LogP contribution in [0, 0.1) is 10.1 Å². The first kappa shape index (κ1) is 21.3. The van der Waals surface area contributed by atoms with Crippen molar-refractivity contribution in [2.75, 3.05) is 36.4 Å². The zero-order valence-corrected chi connectivity index (χ0v) is 18.1. The van der Waals surface area contributed by atoms with Gasteiger partial charge in [-0.15, -0.1) is 11.3 Å². The van der Waals surface area contributed by atoms with Gasteiger partial charge in [0.15, 0.2) is 0 Å². The monoisotopic (exact) mass is 443 g/mol. The van der Waals surface area contributed by atoms with Crippen LogP contribution in [0.3, 0.4) is 0 Å². The third-order valence-electron chi connectivity index (χ3n) is 6.06. The Hall–Kier alpha value is -2.98. The quantitative estimate of drug-likeness (QED) is 0.522. The van der Waals surface area contributed by atoms with Crippen LogP contribution in [-0.4, -0.2) is 53.9 Å². The molecular weight excluding hydrogens is 418 g/mol. The molecule has 1 aliphatic carbocycles. The normalized spacial score (nSPS) is 17.3. The molecule has 0 bridgehead atoms. The minimum atomic E-state index is -0.500. The van der Waals surface area contributed by atoms with Gasteiger partial charge in [-0.05, 0) is 37.8 Å². The van der Waals surface area contributed by atoms with Gasteiger partial charge in [0.2, 0.25) is 5.91 Å². The van der Waals surface area contributed by atoms with Crippen LogP contribution in [0.5, 0.6) is 0 Å². The Morgan fingerprint density at radius 2 is 1.90 bits per heavy atom. The highest BCUT2D eigenvalue weighted by Crippen LogP contribution is 2.39. The zero-order valence-electron chi connectivity index (χ0n) is 17.3. The summed E-state index contributed by atoms with van der Waals surface area (Å²) in [6, 6.07) is 6.31. The van der Waals surface area contributed by atoms with E-state index in [1.54, 1.807) is 18.2 Å². The smallest absolute Gasteiger partial charge is 0.292 e. The fourth-order valence-corrected chi connectivity index (χ4v) is 5.67. The molecule has 2 aromatic rings. The number of hydrogen-bond acceptors (Lipinski definition) is 7. The van der Waals surface area contributed by atoms with E-state index in [2.05, 4.69) is 5.32 Å². The molecule has 10 heteroatoms. The molecule has 4 rings (SSSR count). The number of nitro groups is 1. The summed E-state index contributed by atoms with van der Waals surface area (Å²) in [5, 5.41) is 14.8. The van der Waals surface area contributed by atoms with Crippen molar-refractivity contribution in [2.24, 2.45) is 5.73 Å². The number of nitrogens with zero attached hydrogens (tertiary/aromatic N) is 3. The van der Waals surface area contributed by atoms with Crippen molar-refractivity contribution in [3.8, 4) is 0 Å². The second-order valence-electron chi connectivity index (χ2n) is 7.86. The molecular formula is C21H25N5O4S. The largest absolute Gasteiger partial charge is 0.365 e. The van der Waals surface area contributed by atoms with E-state index >= 15 is 0 Å². The Bertz CT molecular complexity index is 1030. The molecule has 1 aliphatic heterocycles. The fourth-order valence-electron chi connectivity index (χ4n) is 4.37. The Kier molecular flexibility index (Phi) is 5.92. The summed E-state index contributed by atoms with van der Waals surface area (Å²) >= 11 is 1.45. The molecule has 2 amide bonds. The molecule has 0 saturated carbocycles. The summed E-state index contributed by atoms with van der Waals surface area (Å²) in [6.07, 6.45) is 2.75. The molecule has 1 aromatic carbocycles. The molecule has 3 N–H and O–H groups in total. The molecule has 0 radical (unpaired) electrons. The number of primary amides is 1. The number of nitro benzene ring substituents is 1. The van der Waals surface area contributed by atoms with Crippen molar-refractivity contribution in [3.05, 3.63) is 50.4 Å². The molecule has 164 valence electrons. The number of rotatable bonds is 6. The highest BCUT2D eigenvalue weighted by atomic mass is 32.1. The van der Waals surface area contributed by atoms with Gasteiger partial charge in [0, 0.05) is 37.1 Å². The molecule has 31 heavy (non-hydrogen) atoms. The zero-order chi connectivity index (χ0) is 22.1. The Morgan fingerprint density at radius 3 is 2.58 bits per heavy atom. The van der Waals surface area contributed by atoms with Crippen LogP contribution >= 0.6 is 11.3 Å². The van der Waals surface area contributed by atoms with Gasteiger partial charge in [0.05, 0.1) is 16.5 Å². The van der Waals surface area contributed by atoms with Crippen molar-refractivity contribution in [3.63, 3.8) is 0 Å². The Labute approximate surface area is 184 Å². The first-order chi connectivity index (χ1) is 14.9. The summed E-state index contributed by atoms with van der Waals surface area (Å²) in [5.74, 6) is -0.679. The number of anilines is 2. The van der Waals surface area contributed by atoms with Crippen molar-refractivity contribution < 1.29 is 14.5 Å². The lowest BCUT2D eigenvalue weighted by Crippen LogP contribution is -2.53. The summed E-state index contributed by atoms with van der Waals surface area (Å²) in [4.78, 5) is 41.0. The van der Waals surface area contributed by atoms with Crippen molar-refractivity contribution >= 4 is 39.5 Å². The summed E-state index contributed by atoms with van der Waals surface area (Å²) in [7, 11) is 0. The lowest BCUT2D eigenvalue weighted by atomic mass is 10.1. The predicted octanol–water partition coefficient (Wildman–Crippen LogP) is 2.39. The summed E-state index contributed by atoms with van der Waals surface area (Å²) in [6.45, 7) is 4.21. The second kappa shape index (κ2) is 8.64. The van der Waals surface area contributed by atoms with Crippen LogP contribution in [0.2, 0.25) is 0 Å².